The van der Waals surface area contributed by atoms with Crippen molar-refractivity contribution in [2.24, 2.45) is 5.92 Å². The quantitative estimate of drug-likeness (QED) is 0.524. The van der Waals surface area contributed by atoms with Gasteiger partial charge >= 0.3 is 0 Å². The molecule has 2 aromatic rings. The van der Waals surface area contributed by atoms with Crippen LogP contribution >= 0.6 is 0 Å². The van der Waals surface area contributed by atoms with E-state index in [1.807, 2.05) is 25.1 Å². The first-order valence-electron chi connectivity index (χ1n) is 14.3. The molecule has 4 rings (SSSR count). The Balaban J connectivity index is 1.60. The Bertz CT molecular complexity index is 1220. The summed E-state index contributed by atoms with van der Waals surface area (Å²) in [4.78, 5) is 41.6. The van der Waals surface area contributed by atoms with Gasteiger partial charge in [0.2, 0.25) is 17.7 Å². The molecule has 0 aromatic heterocycles. The molecule has 1 saturated carbocycles. The Morgan fingerprint density at radius 3 is 2.46 bits per heavy atom. The summed E-state index contributed by atoms with van der Waals surface area (Å²) < 4.78 is 25.4. The molecule has 41 heavy (non-hydrogen) atoms. The number of hydrogen-bond donors (Lipinski definition) is 3. The second-order valence-electron chi connectivity index (χ2n) is 11.0. The van der Waals surface area contributed by atoms with Crippen LogP contribution in [0.4, 0.5) is 4.39 Å². The first-order valence-corrected chi connectivity index (χ1v) is 14.3. The second kappa shape index (κ2) is 13.8. The Hall–Kier alpha value is -3.66. The predicted octanol–water partition coefficient (Wildman–Crippen LogP) is 2.61. The maximum absolute atomic E-state index is 13.5. The molecule has 0 radical (unpaired) electrons. The van der Waals surface area contributed by atoms with E-state index in [0.29, 0.717) is 43.0 Å². The normalized spacial score (nSPS) is 25.2. The summed E-state index contributed by atoms with van der Waals surface area (Å²) in [6.45, 7) is 4.41. The highest BCUT2D eigenvalue weighted by atomic mass is 19.1. The zero-order valence-electron chi connectivity index (χ0n) is 24.2. The number of halogens is 1. The lowest BCUT2D eigenvalue weighted by Crippen LogP contribution is -2.57. The van der Waals surface area contributed by atoms with Crippen LogP contribution < -0.4 is 25.4 Å². The SMILES string of the molecule is COc1cccc2c1CCCNC(=O)[C@@H](Cc1ccc(F)cc1)NC(=O)[C@@H](C)N(C)C(=O)[C@H](C1CC1)NC[C@@H](C)O2. The Labute approximate surface area is 241 Å². The van der Waals surface area contributed by atoms with Crippen LogP contribution in [0.1, 0.15) is 44.2 Å². The summed E-state index contributed by atoms with van der Waals surface area (Å²) in [5, 5.41) is 9.16. The number of carbonyl (C=O) groups excluding carboxylic acids is 3. The van der Waals surface area contributed by atoms with E-state index < -0.39 is 24.0 Å². The van der Waals surface area contributed by atoms with Crippen molar-refractivity contribution in [2.75, 3.05) is 27.2 Å². The fourth-order valence-electron chi connectivity index (χ4n) is 5.07. The summed E-state index contributed by atoms with van der Waals surface area (Å²) in [5.74, 6) is 0.252. The highest BCUT2D eigenvalue weighted by Crippen LogP contribution is 2.34. The monoisotopic (exact) mass is 568 g/mol. The lowest BCUT2D eigenvalue weighted by molar-refractivity contribution is -0.141. The molecule has 9 nitrogen and oxygen atoms in total. The molecule has 0 saturated heterocycles. The highest BCUT2D eigenvalue weighted by Gasteiger charge is 2.39. The van der Waals surface area contributed by atoms with Gasteiger partial charge in [0.25, 0.3) is 0 Å². The van der Waals surface area contributed by atoms with Crippen molar-refractivity contribution in [1.29, 1.82) is 0 Å². The van der Waals surface area contributed by atoms with Gasteiger partial charge in [0, 0.05) is 32.1 Å². The first-order chi connectivity index (χ1) is 19.7. The first kappa shape index (κ1) is 30.3. The molecule has 2 aromatic carbocycles. The number of likely N-dealkylation sites (N-methyl/N-ethyl adjacent to an activating group) is 1. The topological polar surface area (TPSA) is 109 Å². The number of benzene rings is 2. The van der Waals surface area contributed by atoms with E-state index in [1.165, 1.54) is 17.0 Å². The molecule has 1 aliphatic heterocycles. The minimum Gasteiger partial charge on any atom is -0.496 e. The van der Waals surface area contributed by atoms with Crippen LogP contribution in [-0.4, -0.2) is 74.1 Å². The number of nitrogens with one attached hydrogen (secondary N) is 3. The maximum atomic E-state index is 13.5. The molecule has 4 atom stereocenters. The van der Waals surface area contributed by atoms with E-state index in [2.05, 4.69) is 16.0 Å². The van der Waals surface area contributed by atoms with E-state index in [9.17, 15) is 18.8 Å². The van der Waals surface area contributed by atoms with Crippen LogP contribution in [-0.2, 0) is 27.2 Å². The van der Waals surface area contributed by atoms with Crippen LogP contribution in [0.15, 0.2) is 42.5 Å². The van der Waals surface area contributed by atoms with Gasteiger partial charge in [-0.3, -0.25) is 14.4 Å². The summed E-state index contributed by atoms with van der Waals surface area (Å²) in [6.07, 6.45) is 3.03. The molecule has 1 fully saturated rings. The number of hydrogen-bond acceptors (Lipinski definition) is 6. The molecule has 3 N–H and O–H groups in total. The van der Waals surface area contributed by atoms with Gasteiger partial charge in [0.05, 0.1) is 13.2 Å². The number of carbonyl (C=O) groups is 3. The molecule has 2 aliphatic rings. The predicted molar refractivity (Wildman–Crippen MR) is 153 cm³/mol. The number of fused-ring (bicyclic) bond motifs is 1. The molecule has 10 heteroatoms. The zero-order valence-corrected chi connectivity index (χ0v) is 24.2. The second-order valence-corrected chi connectivity index (χ2v) is 11.0. The van der Waals surface area contributed by atoms with E-state index in [1.54, 1.807) is 33.2 Å². The lowest BCUT2D eigenvalue weighted by Gasteiger charge is -2.31. The van der Waals surface area contributed by atoms with Gasteiger partial charge in [-0.25, -0.2) is 4.39 Å². The largest absolute Gasteiger partial charge is 0.496 e. The van der Waals surface area contributed by atoms with Gasteiger partial charge in [-0.1, -0.05) is 18.2 Å². The van der Waals surface area contributed by atoms with Crippen molar-refractivity contribution in [3.63, 3.8) is 0 Å². The van der Waals surface area contributed by atoms with Crippen molar-refractivity contribution in [3.8, 4) is 11.5 Å². The smallest absolute Gasteiger partial charge is 0.243 e. The molecule has 1 aliphatic carbocycles. The van der Waals surface area contributed by atoms with E-state index in [0.717, 1.165) is 18.4 Å². The molecule has 222 valence electrons. The fourth-order valence-corrected chi connectivity index (χ4v) is 5.07. The molecule has 0 bridgehead atoms. The average molecular weight is 569 g/mol. The van der Waals surface area contributed by atoms with Crippen LogP contribution in [0.3, 0.4) is 0 Å². The summed E-state index contributed by atoms with van der Waals surface area (Å²) >= 11 is 0. The summed E-state index contributed by atoms with van der Waals surface area (Å²) in [7, 11) is 3.22. The zero-order chi connectivity index (χ0) is 29.5. The molecule has 3 amide bonds. The van der Waals surface area contributed by atoms with E-state index >= 15 is 0 Å². The van der Waals surface area contributed by atoms with Crippen LogP contribution in [0.5, 0.6) is 11.5 Å². The maximum Gasteiger partial charge on any atom is 0.243 e. The average Bonchev–Trinajstić information content (AvgIpc) is 3.80. The highest BCUT2D eigenvalue weighted by molar-refractivity contribution is 5.93. The summed E-state index contributed by atoms with van der Waals surface area (Å²) in [5.41, 5.74) is 1.60. The number of methoxy groups -OCH3 is 1. The standard InChI is InChI=1S/C31H41FN4O5/c1-19-18-34-28(22-12-13-22)31(39)36(3)20(2)29(37)35-25(17-21-10-14-23(32)15-11-21)30(38)33-16-6-7-24-26(40-4)8-5-9-27(24)41-19/h5,8-11,14-15,19-20,22,25,28,34H,6-7,12-13,16-18H2,1-4H3,(H,33,38)(H,35,37)/t19-,20-,25-,28+/m1/s1. The third-order valence-corrected chi connectivity index (χ3v) is 7.82. The van der Waals surface area contributed by atoms with Crippen LogP contribution in [0, 0.1) is 11.7 Å². The summed E-state index contributed by atoms with van der Waals surface area (Å²) in [6, 6.07) is 9.34. The third kappa shape index (κ3) is 7.97. The molecular formula is C31H41FN4O5. The van der Waals surface area contributed by atoms with Crippen molar-refractivity contribution in [1.82, 2.24) is 20.9 Å². The van der Waals surface area contributed by atoms with Gasteiger partial charge in [0.1, 0.15) is 35.5 Å². The molecule has 1 heterocycles. The van der Waals surface area contributed by atoms with Crippen molar-refractivity contribution < 1.29 is 28.2 Å². The minimum atomic E-state index is -0.902. The number of rotatable bonds is 4. The Morgan fingerprint density at radius 2 is 1.78 bits per heavy atom. The van der Waals surface area contributed by atoms with E-state index in [-0.39, 0.29) is 36.1 Å². The van der Waals surface area contributed by atoms with Gasteiger partial charge in [-0.05, 0) is 75.3 Å². The van der Waals surface area contributed by atoms with Crippen LogP contribution in [0.25, 0.3) is 0 Å². The van der Waals surface area contributed by atoms with Gasteiger partial charge in [-0.15, -0.1) is 0 Å². The minimum absolute atomic E-state index is 0.176. The number of ether oxygens (including phenoxy) is 2. The third-order valence-electron chi connectivity index (χ3n) is 7.82. The van der Waals surface area contributed by atoms with Gasteiger partial charge < -0.3 is 30.3 Å². The van der Waals surface area contributed by atoms with Crippen molar-refractivity contribution in [3.05, 3.63) is 59.4 Å². The Morgan fingerprint density at radius 1 is 1.05 bits per heavy atom. The fraction of sp³-hybridized carbons (Fsp3) is 0.516. The van der Waals surface area contributed by atoms with Crippen molar-refractivity contribution in [2.45, 2.75) is 70.2 Å². The van der Waals surface area contributed by atoms with Crippen molar-refractivity contribution >= 4 is 17.7 Å². The molecular weight excluding hydrogens is 527 g/mol. The number of nitrogens with zero attached hydrogens (tertiary/aromatic N) is 1. The van der Waals surface area contributed by atoms with Crippen LogP contribution in [0.2, 0.25) is 0 Å². The number of amides is 3. The van der Waals surface area contributed by atoms with E-state index in [4.69, 9.17) is 9.47 Å². The van der Waals surface area contributed by atoms with Gasteiger partial charge in [-0.2, -0.15) is 0 Å². The molecule has 0 spiro atoms. The van der Waals surface area contributed by atoms with Gasteiger partial charge in [0.15, 0.2) is 0 Å². The lowest BCUT2D eigenvalue weighted by atomic mass is 10.0. The Kier molecular flexibility index (Phi) is 10.2. The molecule has 0 unspecified atom stereocenters.